The van der Waals surface area contributed by atoms with Gasteiger partial charge in [-0.05, 0) is 89.0 Å². The number of ether oxygens (including phenoxy) is 2. The van der Waals surface area contributed by atoms with Crippen LogP contribution in [-0.2, 0) is 38.7 Å². The van der Waals surface area contributed by atoms with Crippen molar-refractivity contribution in [2.75, 3.05) is 11.9 Å². The molecule has 2 aromatic carbocycles. The maximum Gasteiger partial charge on any atom is 0.411 e. The number of rotatable bonds is 11. The van der Waals surface area contributed by atoms with E-state index in [9.17, 15) is 37.2 Å². The van der Waals surface area contributed by atoms with Gasteiger partial charge in [0.2, 0.25) is 27.9 Å². The average Bonchev–Trinajstić information content (AvgIpc) is 4.06. The van der Waals surface area contributed by atoms with Crippen molar-refractivity contribution in [1.82, 2.24) is 20.3 Å². The molecule has 0 bridgehead atoms. The number of aliphatic imine (C=N–C) groups is 1. The van der Waals surface area contributed by atoms with Crippen molar-refractivity contribution in [3.8, 4) is 0 Å². The highest BCUT2D eigenvalue weighted by atomic mass is 32.2. The molecule has 2 aromatic rings. The SMILES string of the molecule is C=CC1C[C@]1(NC(=O)[C@@H]1C[C@@H](OC(=O)Nc2c(C)cccc2C)CN1C(=O)[C@@H](NC(=O)OC(C)(C)C)C(C)(C)C)C(=O)NS(=O)(=O)C1CC1.Cc1ccccc1N=C=O. The van der Waals surface area contributed by atoms with Crippen LogP contribution in [-0.4, -0.2) is 90.4 Å². The van der Waals surface area contributed by atoms with Crippen LogP contribution >= 0.6 is 0 Å². The van der Waals surface area contributed by atoms with Crippen LogP contribution in [0.15, 0.2) is 60.1 Å². The lowest BCUT2D eigenvalue weighted by Gasteiger charge is -2.36. The molecule has 3 fully saturated rings. The van der Waals surface area contributed by atoms with Crippen LogP contribution in [0.5, 0.6) is 0 Å². The number of carbonyl (C=O) groups is 5. The molecule has 1 heterocycles. The number of alkyl carbamates (subject to hydrolysis) is 1. The van der Waals surface area contributed by atoms with Crippen molar-refractivity contribution in [2.24, 2.45) is 16.3 Å². The summed E-state index contributed by atoms with van der Waals surface area (Å²) >= 11 is 0. The number of carbonyl (C=O) groups excluding carboxylic acids is 6. The molecule has 0 aromatic heterocycles. The van der Waals surface area contributed by atoms with E-state index in [0.29, 0.717) is 24.2 Å². The zero-order valence-corrected chi connectivity index (χ0v) is 35.9. The quantitative estimate of drug-likeness (QED) is 0.128. The van der Waals surface area contributed by atoms with Crippen molar-refractivity contribution < 1.29 is 46.7 Å². The summed E-state index contributed by atoms with van der Waals surface area (Å²) in [7, 11) is -3.91. The van der Waals surface area contributed by atoms with Crippen LogP contribution in [0.25, 0.3) is 0 Å². The molecule has 5 amide bonds. The maximum atomic E-state index is 14.3. The van der Waals surface area contributed by atoms with Crippen LogP contribution in [0.1, 0.15) is 83.9 Å². The highest BCUT2D eigenvalue weighted by Crippen LogP contribution is 2.45. The first kappa shape index (κ1) is 46.2. The Morgan fingerprint density at radius 1 is 0.949 bits per heavy atom. The second-order valence-electron chi connectivity index (χ2n) is 17.3. The molecule has 4 N–H and O–H groups in total. The Balaban J connectivity index is 0.000000670. The number of para-hydroxylation sites is 2. The highest BCUT2D eigenvalue weighted by molar-refractivity contribution is 7.91. The molecule has 5 rings (SSSR count). The van der Waals surface area contributed by atoms with Crippen molar-refractivity contribution in [3.63, 3.8) is 0 Å². The molecule has 0 radical (unpaired) electrons. The third-order valence-electron chi connectivity index (χ3n) is 10.1. The van der Waals surface area contributed by atoms with E-state index in [1.165, 1.54) is 17.1 Å². The second-order valence-corrected chi connectivity index (χ2v) is 19.2. The Labute approximate surface area is 346 Å². The maximum absolute atomic E-state index is 14.3. The number of amides is 5. The molecule has 1 aliphatic heterocycles. The third kappa shape index (κ3) is 12.0. The Kier molecular flexibility index (Phi) is 14.2. The predicted molar refractivity (Wildman–Crippen MR) is 221 cm³/mol. The van der Waals surface area contributed by atoms with E-state index >= 15 is 0 Å². The van der Waals surface area contributed by atoms with Crippen molar-refractivity contribution in [2.45, 2.75) is 123 Å². The molecule has 2 aliphatic carbocycles. The minimum absolute atomic E-state index is 0.109. The minimum atomic E-state index is -3.91. The summed E-state index contributed by atoms with van der Waals surface area (Å²) in [4.78, 5) is 82.1. The van der Waals surface area contributed by atoms with Gasteiger partial charge in [0, 0.05) is 18.0 Å². The molecule has 0 spiro atoms. The molecule has 59 heavy (non-hydrogen) atoms. The van der Waals surface area contributed by atoms with Gasteiger partial charge in [-0.3, -0.25) is 24.4 Å². The molecule has 320 valence electrons. The first-order valence-electron chi connectivity index (χ1n) is 19.4. The van der Waals surface area contributed by atoms with Crippen LogP contribution < -0.4 is 20.7 Å². The van der Waals surface area contributed by atoms with Crippen LogP contribution in [0.2, 0.25) is 0 Å². The standard InChI is InChI=1S/C34H49N5O9S.C8H7NO/c1-10-21-17-34(21,29(42)38-49(45,46)23-14-15-23)37-27(40)24-16-22(47-30(43)35-25-19(2)12-11-13-20(25)3)18-39(24)28(41)26(32(4,5)6)36-31(44)48-33(7,8)9;1-7-4-2-3-5-8(7)9-6-10/h10-13,21-24,26H,1,14-18H2,2-9H3,(H,35,43)(H,36,44)(H,37,40)(H,38,42);2-5H,1H3/t21?,22-,24+,26-,34-;/m1./s1. The monoisotopic (exact) mass is 836 g/mol. The van der Waals surface area contributed by atoms with Gasteiger partial charge in [-0.1, -0.05) is 63.2 Å². The Hall–Kier alpha value is -5.54. The van der Waals surface area contributed by atoms with E-state index in [1.807, 2.05) is 57.2 Å². The van der Waals surface area contributed by atoms with Crippen LogP contribution in [0.3, 0.4) is 0 Å². The fourth-order valence-electron chi connectivity index (χ4n) is 6.67. The number of nitrogens with one attached hydrogen (secondary N) is 4. The zero-order valence-electron chi connectivity index (χ0n) is 35.1. The second kappa shape index (κ2) is 18.2. The van der Waals surface area contributed by atoms with Gasteiger partial charge in [-0.25, -0.2) is 22.8 Å². The number of anilines is 1. The predicted octanol–water partition coefficient (Wildman–Crippen LogP) is 5.39. The Bertz CT molecular complexity index is 2100. The number of isocyanates is 1. The summed E-state index contributed by atoms with van der Waals surface area (Å²) in [5, 5.41) is 7.43. The summed E-state index contributed by atoms with van der Waals surface area (Å²) in [5.41, 5.74) is 0.590. The third-order valence-corrected chi connectivity index (χ3v) is 12.0. The van der Waals surface area contributed by atoms with Crippen LogP contribution in [0.4, 0.5) is 21.0 Å². The summed E-state index contributed by atoms with van der Waals surface area (Å²) in [6.07, 6.45) is 1.26. The number of likely N-dealkylation sites (tertiary alicyclic amines) is 1. The number of aryl methyl sites for hydroxylation is 3. The highest BCUT2D eigenvalue weighted by Gasteiger charge is 2.62. The number of nitrogens with zero attached hydrogens (tertiary/aromatic N) is 2. The number of hydrogen-bond donors (Lipinski definition) is 4. The average molecular weight is 837 g/mol. The topological polar surface area (TPSA) is 219 Å². The van der Waals surface area contributed by atoms with Gasteiger partial charge in [0.05, 0.1) is 17.5 Å². The van der Waals surface area contributed by atoms with Gasteiger partial charge in [-0.15, -0.1) is 6.58 Å². The molecule has 5 atom stereocenters. The normalized spacial score (nSPS) is 21.6. The first-order chi connectivity index (χ1) is 27.4. The first-order valence-corrected chi connectivity index (χ1v) is 20.9. The van der Waals surface area contributed by atoms with Crippen molar-refractivity contribution in [1.29, 1.82) is 0 Å². The van der Waals surface area contributed by atoms with E-state index in [1.54, 1.807) is 47.6 Å². The lowest BCUT2D eigenvalue weighted by molar-refractivity contribution is -0.143. The zero-order chi connectivity index (χ0) is 44.1. The molecule has 17 heteroatoms. The summed E-state index contributed by atoms with van der Waals surface area (Å²) in [6.45, 7) is 19.4. The largest absolute Gasteiger partial charge is 0.444 e. The van der Waals surface area contributed by atoms with Crippen LogP contribution in [0, 0.1) is 32.1 Å². The van der Waals surface area contributed by atoms with E-state index < -0.39 is 85.8 Å². The molecule has 1 unspecified atom stereocenters. The number of sulfonamides is 1. The van der Waals surface area contributed by atoms with Gasteiger partial charge in [0.25, 0.3) is 5.91 Å². The fourth-order valence-corrected chi connectivity index (χ4v) is 8.03. The van der Waals surface area contributed by atoms with Gasteiger partial charge in [-0.2, -0.15) is 4.99 Å². The van der Waals surface area contributed by atoms with E-state index in [-0.39, 0.29) is 19.4 Å². The summed E-state index contributed by atoms with van der Waals surface area (Å²) < 4.78 is 38.4. The van der Waals surface area contributed by atoms with Crippen molar-refractivity contribution >= 4 is 57.4 Å². The molecule has 2 saturated carbocycles. The van der Waals surface area contributed by atoms with Crippen molar-refractivity contribution in [3.05, 3.63) is 71.8 Å². The molecular formula is C42H56N6O10S. The van der Waals surface area contributed by atoms with E-state index in [0.717, 1.165) is 16.7 Å². The summed E-state index contributed by atoms with van der Waals surface area (Å²) in [6, 6.07) is 10.5. The summed E-state index contributed by atoms with van der Waals surface area (Å²) in [5.74, 6) is -2.82. The minimum Gasteiger partial charge on any atom is -0.444 e. The number of hydrogen-bond acceptors (Lipinski definition) is 11. The van der Waals surface area contributed by atoms with Gasteiger partial charge >= 0.3 is 12.2 Å². The van der Waals surface area contributed by atoms with E-state index in [2.05, 4.69) is 32.2 Å². The number of benzene rings is 2. The molecular weight excluding hydrogens is 781 g/mol. The fraction of sp³-hybridized carbons (Fsp3) is 0.524. The molecule has 1 saturated heterocycles. The Morgan fingerprint density at radius 2 is 1.56 bits per heavy atom. The van der Waals surface area contributed by atoms with Gasteiger partial charge in [0.15, 0.2) is 0 Å². The van der Waals surface area contributed by atoms with Gasteiger partial charge < -0.3 is 25.0 Å². The Morgan fingerprint density at radius 3 is 2.08 bits per heavy atom. The molecule has 3 aliphatic rings. The smallest absolute Gasteiger partial charge is 0.411 e. The lowest BCUT2D eigenvalue weighted by atomic mass is 9.85. The van der Waals surface area contributed by atoms with E-state index in [4.69, 9.17) is 9.47 Å². The molecule has 16 nitrogen and oxygen atoms in total. The van der Waals surface area contributed by atoms with Gasteiger partial charge in [0.1, 0.15) is 29.3 Å². The lowest BCUT2D eigenvalue weighted by Crippen LogP contribution is -2.60.